The molecule has 4 rings (SSSR count). The minimum absolute atomic E-state index is 0.303. The summed E-state index contributed by atoms with van der Waals surface area (Å²) in [5, 5.41) is 3.31. The molecule has 0 aliphatic heterocycles. The van der Waals surface area contributed by atoms with E-state index in [0.717, 1.165) is 6.42 Å². The van der Waals surface area contributed by atoms with Gasteiger partial charge in [-0.3, -0.25) is 0 Å². The van der Waals surface area contributed by atoms with Crippen molar-refractivity contribution in [3.05, 3.63) is 59.6 Å². The van der Waals surface area contributed by atoms with E-state index >= 15 is 0 Å². The Morgan fingerprint density at radius 3 is 2.24 bits per heavy atom. The summed E-state index contributed by atoms with van der Waals surface area (Å²) >= 11 is 0. The van der Waals surface area contributed by atoms with Crippen molar-refractivity contribution in [1.29, 1.82) is 0 Å². The molecule has 3 saturated carbocycles. The zero-order valence-electron chi connectivity index (χ0n) is 15.4. The number of hydrogen-bond donors (Lipinski definition) is 2. The monoisotopic (exact) mass is 342 g/mol. The molecule has 2 nitrogen and oxygen atoms in total. The van der Waals surface area contributed by atoms with Gasteiger partial charge in [0.2, 0.25) is 0 Å². The van der Waals surface area contributed by atoms with Gasteiger partial charge in [0.25, 0.3) is 0 Å². The van der Waals surface area contributed by atoms with Crippen LogP contribution in [0.25, 0.3) is 0 Å². The van der Waals surface area contributed by atoms with Crippen LogP contribution < -0.4 is 11.1 Å². The SMILES string of the molecule is C=C(NC)C12CCC(c3ccc(CC/C(=C/F)CN)cc3)(CC1)CC2. The summed E-state index contributed by atoms with van der Waals surface area (Å²) in [6, 6.07) is 9.06. The van der Waals surface area contributed by atoms with Gasteiger partial charge in [-0.1, -0.05) is 30.8 Å². The van der Waals surface area contributed by atoms with Crippen molar-refractivity contribution >= 4 is 0 Å². The lowest BCUT2D eigenvalue weighted by Crippen LogP contribution is -2.46. The quantitative estimate of drug-likeness (QED) is 0.750. The van der Waals surface area contributed by atoms with E-state index in [1.54, 1.807) is 0 Å². The van der Waals surface area contributed by atoms with Crippen molar-refractivity contribution in [2.45, 2.75) is 56.8 Å². The van der Waals surface area contributed by atoms with Gasteiger partial charge in [-0.05, 0) is 73.5 Å². The summed E-state index contributed by atoms with van der Waals surface area (Å²) < 4.78 is 12.6. The summed E-state index contributed by atoms with van der Waals surface area (Å²) in [6.45, 7) is 4.57. The van der Waals surface area contributed by atoms with E-state index in [2.05, 4.69) is 36.2 Å². The van der Waals surface area contributed by atoms with Crippen LogP contribution in [0, 0.1) is 5.41 Å². The zero-order chi connectivity index (χ0) is 17.9. The number of allylic oxidation sites excluding steroid dienone is 1. The lowest BCUT2D eigenvalue weighted by Gasteiger charge is -2.54. The van der Waals surface area contributed by atoms with Crippen molar-refractivity contribution in [2.75, 3.05) is 13.6 Å². The van der Waals surface area contributed by atoms with Gasteiger partial charge >= 0.3 is 0 Å². The third-order valence-electron chi connectivity index (χ3n) is 6.91. The highest BCUT2D eigenvalue weighted by atomic mass is 19.1. The summed E-state index contributed by atoms with van der Waals surface area (Å²) in [5.74, 6) is 0. The molecule has 0 saturated heterocycles. The predicted molar refractivity (Wildman–Crippen MR) is 103 cm³/mol. The first-order valence-corrected chi connectivity index (χ1v) is 9.52. The second-order valence-electron chi connectivity index (χ2n) is 7.96. The molecule has 0 spiro atoms. The van der Waals surface area contributed by atoms with Gasteiger partial charge in [-0.25, -0.2) is 4.39 Å². The second kappa shape index (κ2) is 7.33. The normalized spacial score (nSPS) is 28.8. The summed E-state index contributed by atoms with van der Waals surface area (Å²) in [4.78, 5) is 0. The lowest BCUT2D eigenvalue weighted by molar-refractivity contribution is 0.0654. The van der Waals surface area contributed by atoms with Gasteiger partial charge in [0.15, 0.2) is 0 Å². The van der Waals surface area contributed by atoms with E-state index < -0.39 is 0 Å². The Morgan fingerprint density at radius 2 is 1.76 bits per heavy atom. The van der Waals surface area contributed by atoms with Gasteiger partial charge in [-0.15, -0.1) is 0 Å². The molecule has 1 aromatic rings. The molecule has 2 bridgehead atoms. The second-order valence-corrected chi connectivity index (χ2v) is 7.96. The van der Waals surface area contributed by atoms with Gasteiger partial charge < -0.3 is 11.1 Å². The standard InChI is InChI=1S/C22H31FN2/c1-17(25-2)21-9-12-22(13-10-21,14-11-21)20-7-5-18(6-8-20)3-4-19(15-23)16-24/h5-8,15,25H,1,3-4,9-14,16,24H2,2H3/b19-15-. The van der Waals surface area contributed by atoms with Gasteiger partial charge in [0.1, 0.15) is 0 Å². The van der Waals surface area contributed by atoms with Gasteiger partial charge in [0.05, 0.1) is 6.33 Å². The maximum atomic E-state index is 12.6. The number of hydrogen-bond acceptors (Lipinski definition) is 2. The molecule has 0 unspecified atom stereocenters. The molecule has 1 aromatic carbocycles. The highest BCUT2D eigenvalue weighted by Crippen LogP contribution is 2.59. The topological polar surface area (TPSA) is 38.0 Å². The van der Waals surface area contributed by atoms with E-state index in [9.17, 15) is 4.39 Å². The Bertz CT molecular complexity index is 620. The zero-order valence-corrected chi connectivity index (χ0v) is 15.4. The highest BCUT2D eigenvalue weighted by Gasteiger charge is 2.50. The first-order valence-electron chi connectivity index (χ1n) is 9.52. The van der Waals surface area contributed by atoms with E-state index in [1.165, 1.54) is 55.3 Å². The summed E-state index contributed by atoms with van der Waals surface area (Å²) in [7, 11) is 2.00. The van der Waals surface area contributed by atoms with Crippen molar-refractivity contribution in [3.8, 4) is 0 Å². The van der Waals surface area contributed by atoms with Crippen LogP contribution in [0.5, 0.6) is 0 Å². The molecule has 3 aliphatic carbocycles. The number of rotatable bonds is 7. The third kappa shape index (κ3) is 3.39. The molecule has 136 valence electrons. The van der Waals surface area contributed by atoms with Crippen LogP contribution >= 0.6 is 0 Å². The number of nitrogens with two attached hydrogens (primary N) is 1. The smallest absolute Gasteiger partial charge is 0.0871 e. The highest BCUT2D eigenvalue weighted by molar-refractivity contribution is 5.33. The van der Waals surface area contributed by atoms with Gasteiger partial charge in [0, 0.05) is 24.7 Å². The van der Waals surface area contributed by atoms with Crippen molar-refractivity contribution in [3.63, 3.8) is 0 Å². The Kier molecular flexibility index (Phi) is 5.33. The average Bonchev–Trinajstić information content (AvgIpc) is 2.70. The van der Waals surface area contributed by atoms with Crippen molar-refractivity contribution in [1.82, 2.24) is 5.32 Å². The van der Waals surface area contributed by atoms with E-state index in [4.69, 9.17) is 5.73 Å². The molecule has 0 atom stereocenters. The molecule has 25 heavy (non-hydrogen) atoms. The fraction of sp³-hybridized carbons (Fsp3) is 0.545. The first kappa shape index (κ1) is 18.2. The maximum absolute atomic E-state index is 12.6. The van der Waals surface area contributed by atoms with Crippen LogP contribution in [0.15, 0.2) is 48.4 Å². The molecule has 0 aromatic heterocycles. The van der Waals surface area contributed by atoms with Crippen LogP contribution in [0.2, 0.25) is 0 Å². The molecule has 0 amide bonds. The van der Waals surface area contributed by atoms with Crippen LogP contribution in [-0.4, -0.2) is 13.6 Å². The molecular formula is C22H31FN2. The fourth-order valence-electron chi connectivity index (χ4n) is 4.87. The van der Waals surface area contributed by atoms with Crippen LogP contribution in [0.1, 0.15) is 56.1 Å². The number of nitrogens with one attached hydrogen (secondary N) is 1. The Hall–Kier alpha value is -1.61. The Balaban J connectivity index is 1.67. The molecule has 3 fully saturated rings. The minimum atomic E-state index is 0.303. The number of halogens is 1. The molecule has 3 N–H and O–H groups in total. The third-order valence-corrected chi connectivity index (χ3v) is 6.91. The largest absolute Gasteiger partial charge is 0.391 e. The average molecular weight is 343 g/mol. The van der Waals surface area contributed by atoms with Gasteiger partial charge in [-0.2, -0.15) is 0 Å². The fourth-order valence-corrected chi connectivity index (χ4v) is 4.87. The number of aryl methyl sites for hydroxylation is 1. The minimum Gasteiger partial charge on any atom is -0.391 e. The predicted octanol–water partition coefficient (Wildman–Crippen LogP) is 4.76. The van der Waals surface area contributed by atoms with Crippen LogP contribution in [0.3, 0.4) is 0 Å². The van der Waals surface area contributed by atoms with Crippen molar-refractivity contribution < 1.29 is 4.39 Å². The molecular weight excluding hydrogens is 311 g/mol. The molecule has 0 radical (unpaired) electrons. The Labute approximate surface area is 151 Å². The molecule has 3 heteroatoms. The van der Waals surface area contributed by atoms with Crippen LogP contribution in [-0.2, 0) is 11.8 Å². The summed E-state index contributed by atoms with van der Waals surface area (Å²) in [6.07, 6.45) is 9.72. The van der Waals surface area contributed by atoms with Crippen molar-refractivity contribution in [2.24, 2.45) is 11.1 Å². The first-order chi connectivity index (χ1) is 12.1. The Morgan fingerprint density at radius 1 is 1.16 bits per heavy atom. The number of fused-ring (bicyclic) bond motifs is 3. The van der Waals surface area contributed by atoms with Crippen LogP contribution in [0.4, 0.5) is 4.39 Å². The van der Waals surface area contributed by atoms with E-state index in [1.807, 2.05) is 7.05 Å². The van der Waals surface area contributed by atoms with E-state index in [0.29, 0.717) is 35.7 Å². The number of benzene rings is 1. The summed E-state index contributed by atoms with van der Waals surface area (Å²) in [5.41, 5.74) is 10.9. The maximum Gasteiger partial charge on any atom is 0.0871 e. The molecule has 0 heterocycles. The van der Waals surface area contributed by atoms with E-state index in [-0.39, 0.29) is 0 Å². The lowest BCUT2D eigenvalue weighted by atomic mass is 9.51. The molecule has 3 aliphatic rings.